The van der Waals surface area contributed by atoms with Crippen molar-refractivity contribution in [2.75, 3.05) is 19.0 Å². The van der Waals surface area contributed by atoms with Crippen LogP contribution in [-0.4, -0.2) is 45.6 Å². The number of hydrogen-bond donors (Lipinski definition) is 3. The van der Waals surface area contributed by atoms with Crippen molar-refractivity contribution in [2.45, 2.75) is 31.8 Å². The lowest BCUT2D eigenvalue weighted by Gasteiger charge is -2.15. The molecular weight excluding hydrogens is 238 g/mol. The summed E-state index contributed by atoms with van der Waals surface area (Å²) >= 11 is 0. The van der Waals surface area contributed by atoms with E-state index in [0.29, 0.717) is 5.82 Å². The number of hydrogen-bond acceptors (Lipinski definition) is 6. The average molecular weight is 255 g/mol. The maximum atomic E-state index is 11.8. The molecule has 3 atom stereocenters. The summed E-state index contributed by atoms with van der Waals surface area (Å²) in [4.78, 5) is 15.7. The SMILES string of the molecule is CNc1nc(=O)n(C2C[C@@H](O)[C@@H](CO)O2)cc1C. The van der Waals surface area contributed by atoms with E-state index in [1.54, 1.807) is 13.2 Å². The van der Waals surface area contributed by atoms with Crippen LogP contribution in [0.2, 0.25) is 0 Å². The Morgan fingerprint density at radius 1 is 1.67 bits per heavy atom. The highest BCUT2D eigenvalue weighted by atomic mass is 16.5. The fourth-order valence-electron chi connectivity index (χ4n) is 2.08. The van der Waals surface area contributed by atoms with Gasteiger partial charge in [-0.2, -0.15) is 4.98 Å². The molecule has 7 heteroatoms. The zero-order chi connectivity index (χ0) is 13.3. The van der Waals surface area contributed by atoms with E-state index >= 15 is 0 Å². The molecule has 2 rings (SSSR count). The minimum atomic E-state index is -0.767. The molecule has 0 amide bonds. The third-order valence-corrected chi connectivity index (χ3v) is 3.07. The number of aliphatic hydroxyl groups is 2. The molecule has 7 nitrogen and oxygen atoms in total. The molecule has 1 aromatic heterocycles. The van der Waals surface area contributed by atoms with Gasteiger partial charge in [-0.25, -0.2) is 4.79 Å². The Kier molecular flexibility index (Phi) is 3.65. The minimum Gasteiger partial charge on any atom is -0.394 e. The van der Waals surface area contributed by atoms with Crippen molar-refractivity contribution in [3.63, 3.8) is 0 Å². The second-order valence-electron chi connectivity index (χ2n) is 4.33. The molecule has 0 bridgehead atoms. The number of anilines is 1. The molecule has 0 spiro atoms. The quantitative estimate of drug-likeness (QED) is 0.656. The third kappa shape index (κ3) is 2.24. The van der Waals surface area contributed by atoms with Crippen molar-refractivity contribution in [3.05, 3.63) is 22.2 Å². The molecule has 0 aliphatic carbocycles. The number of aliphatic hydroxyl groups excluding tert-OH is 2. The molecular formula is C11H17N3O4. The summed E-state index contributed by atoms with van der Waals surface area (Å²) in [6, 6.07) is 0. The summed E-state index contributed by atoms with van der Waals surface area (Å²) in [5, 5.41) is 21.5. The van der Waals surface area contributed by atoms with Crippen molar-refractivity contribution in [1.82, 2.24) is 9.55 Å². The maximum absolute atomic E-state index is 11.8. The molecule has 0 aromatic carbocycles. The molecule has 2 heterocycles. The Hall–Kier alpha value is -1.44. The summed E-state index contributed by atoms with van der Waals surface area (Å²) < 4.78 is 6.76. The molecule has 1 fully saturated rings. The highest BCUT2D eigenvalue weighted by Crippen LogP contribution is 2.27. The molecule has 0 radical (unpaired) electrons. The molecule has 0 saturated carbocycles. The topological polar surface area (TPSA) is 96.6 Å². The normalized spacial score (nSPS) is 27.4. The van der Waals surface area contributed by atoms with Crippen molar-refractivity contribution >= 4 is 5.82 Å². The van der Waals surface area contributed by atoms with Gasteiger partial charge in [-0.15, -0.1) is 0 Å². The van der Waals surface area contributed by atoms with Crippen molar-refractivity contribution < 1.29 is 14.9 Å². The molecule has 1 unspecified atom stereocenters. The lowest BCUT2D eigenvalue weighted by Crippen LogP contribution is -2.28. The van der Waals surface area contributed by atoms with E-state index in [1.165, 1.54) is 4.57 Å². The fraction of sp³-hybridized carbons (Fsp3) is 0.636. The van der Waals surface area contributed by atoms with Crippen molar-refractivity contribution in [3.8, 4) is 0 Å². The van der Waals surface area contributed by atoms with Crippen LogP contribution in [0.3, 0.4) is 0 Å². The molecule has 100 valence electrons. The lowest BCUT2D eigenvalue weighted by atomic mass is 10.2. The van der Waals surface area contributed by atoms with Crippen LogP contribution in [-0.2, 0) is 4.74 Å². The standard InChI is InChI=1S/C11H17N3O4/c1-6-4-14(11(17)13-10(6)12-2)9-3-7(16)8(5-15)18-9/h4,7-9,15-16H,3,5H2,1-2H3,(H,12,13,17)/t7-,8-,9?/m1/s1. The van der Waals surface area contributed by atoms with Crippen LogP contribution in [0, 0.1) is 6.92 Å². The van der Waals surface area contributed by atoms with Gasteiger partial charge in [-0.1, -0.05) is 0 Å². The molecule has 18 heavy (non-hydrogen) atoms. The lowest BCUT2D eigenvalue weighted by molar-refractivity contribution is -0.0459. The van der Waals surface area contributed by atoms with Crippen LogP contribution in [0.15, 0.2) is 11.0 Å². The Labute approximate surface area is 104 Å². The van der Waals surface area contributed by atoms with Gasteiger partial charge in [-0.05, 0) is 6.92 Å². The predicted molar refractivity (Wildman–Crippen MR) is 64.4 cm³/mol. The van der Waals surface area contributed by atoms with Gasteiger partial charge >= 0.3 is 5.69 Å². The van der Waals surface area contributed by atoms with Gasteiger partial charge in [0.05, 0.1) is 12.7 Å². The first-order chi connectivity index (χ1) is 8.56. The molecule has 1 saturated heterocycles. The van der Waals surface area contributed by atoms with Gasteiger partial charge < -0.3 is 20.3 Å². The Morgan fingerprint density at radius 3 is 2.94 bits per heavy atom. The van der Waals surface area contributed by atoms with E-state index in [9.17, 15) is 9.90 Å². The number of nitrogens with one attached hydrogen (secondary N) is 1. The van der Waals surface area contributed by atoms with E-state index in [0.717, 1.165) is 5.56 Å². The van der Waals surface area contributed by atoms with Crippen molar-refractivity contribution in [2.24, 2.45) is 0 Å². The van der Waals surface area contributed by atoms with Crippen LogP contribution < -0.4 is 11.0 Å². The summed E-state index contributed by atoms with van der Waals surface area (Å²) in [5.74, 6) is 0.522. The van der Waals surface area contributed by atoms with E-state index in [-0.39, 0.29) is 13.0 Å². The van der Waals surface area contributed by atoms with E-state index < -0.39 is 24.1 Å². The number of aromatic nitrogens is 2. The zero-order valence-electron chi connectivity index (χ0n) is 10.3. The number of ether oxygens (including phenoxy) is 1. The molecule has 1 aromatic rings. The number of aryl methyl sites for hydroxylation is 1. The van der Waals surface area contributed by atoms with Gasteiger partial charge in [0.15, 0.2) is 0 Å². The van der Waals surface area contributed by atoms with Gasteiger partial charge in [0, 0.05) is 25.2 Å². The van der Waals surface area contributed by atoms with Crippen molar-refractivity contribution in [1.29, 1.82) is 0 Å². The monoisotopic (exact) mass is 255 g/mol. The van der Waals surface area contributed by atoms with Gasteiger partial charge in [0.25, 0.3) is 0 Å². The second-order valence-corrected chi connectivity index (χ2v) is 4.33. The van der Waals surface area contributed by atoms with Gasteiger partial charge in [0.1, 0.15) is 18.1 Å². The highest BCUT2D eigenvalue weighted by Gasteiger charge is 2.35. The second kappa shape index (κ2) is 5.05. The first-order valence-electron chi connectivity index (χ1n) is 5.78. The van der Waals surface area contributed by atoms with Crippen LogP contribution in [0.5, 0.6) is 0 Å². The van der Waals surface area contributed by atoms with Crippen LogP contribution >= 0.6 is 0 Å². The van der Waals surface area contributed by atoms with E-state index in [2.05, 4.69) is 10.3 Å². The zero-order valence-corrected chi connectivity index (χ0v) is 10.3. The Bertz CT molecular complexity index is 488. The maximum Gasteiger partial charge on any atom is 0.351 e. The first kappa shape index (κ1) is 13.0. The highest BCUT2D eigenvalue weighted by molar-refractivity contribution is 5.40. The number of rotatable bonds is 3. The van der Waals surface area contributed by atoms with Crippen LogP contribution in [0.4, 0.5) is 5.82 Å². The summed E-state index contributed by atoms with van der Waals surface area (Å²) in [6.45, 7) is 1.55. The summed E-state index contributed by atoms with van der Waals surface area (Å²) in [5.41, 5.74) is 0.364. The minimum absolute atomic E-state index is 0.269. The first-order valence-corrected chi connectivity index (χ1v) is 5.78. The van der Waals surface area contributed by atoms with Crippen LogP contribution in [0.1, 0.15) is 18.2 Å². The number of nitrogens with zero attached hydrogens (tertiary/aromatic N) is 2. The Balaban J connectivity index is 2.30. The summed E-state index contributed by atoms with van der Waals surface area (Å²) in [7, 11) is 1.69. The van der Waals surface area contributed by atoms with E-state index in [1.807, 2.05) is 6.92 Å². The summed E-state index contributed by atoms with van der Waals surface area (Å²) in [6.07, 6.45) is -0.0900. The Morgan fingerprint density at radius 2 is 2.39 bits per heavy atom. The third-order valence-electron chi connectivity index (χ3n) is 3.07. The molecule has 3 N–H and O–H groups in total. The van der Waals surface area contributed by atoms with E-state index in [4.69, 9.17) is 9.84 Å². The molecule has 1 aliphatic heterocycles. The predicted octanol–water partition coefficient (Wildman–Crippen LogP) is -0.766. The van der Waals surface area contributed by atoms with Gasteiger partial charge in [0.2, 0.25) is 0 Å². The largest absolute Gasteiger partial charge is 0.394 e. The molecule has 1 aliphatic rings. The van der Waals surface area contributed by atoms with Crippen LogP contribution in [0.25, 0.3) is 0 Å². The average Bonchev–Trinajstić information content (AvgIpc) is 2.72. The van der Waals surface area contributed by atoms with Gasteiger partial charge in [-0.3, -0.25) is 4.57 Å². The fourth-order valence-corrected chi connectivity index (χ4v) is 2.08. The smallest absolute Gasteiger partial charge is 0.351 e.